The van der Waals surface area contributed by atoms with Crippen molar-refractivity contribution in [2.45, 2.75) is 32.1 Å². The highest BCUT2D eigenvalue weighted by Gasteiger charge is 2.18. The third-order valence-corrected chi connectivity index (χ3v) is 5.98. The number of hydrogen-bond donors (Lipinski definition) is 1. The van der Waals surface area contributed by atoms with Gasteiger partial charge in [-0.25, -0.2) is 0 Å². The molecule has 1 aromatic heterocycles. The molecule has 1 aromatic carbocycles. The van der Waals surface area contributed by atoms with Gasteiger partial charge in [-0.2, -0.15) is 0 Å². The first-order chi connectivity index (χ1) is 8.97. The van der Waals surface area contributed by atoms with Crippen molar-refractivity contribution < 1.29 is 4.21 Å². The van der Waals surface area contributed by atoms with E-state index in [1.165, 1.54) is 15.0 Å². The van der Waals surface area contributed by atoms with Crippen LogP contribution in [-0.4, -0.2) is 21.3 Å². The summed E-state index contributed by atoms with van der Waals surface area (Å²) in [5.41, 5.74) is 0. The highest BCUT2D eigenvalue weighted by atomic mass is 32.2. The fourth-order valence-corrected chi connectivity index (χ4v) is 3.78. The SMILES string of the molecule is CC(C)(C)S(=O)CCNCc1cc2ccccc2s1. The van der Waals surface area contributed by atoms with Gasteiger partial charge in [0, 0.05) is 44.0 Å². The van der Waals surface area contributed by atoms with Crippen molar-refractivity contribution in [3.8, 4) is 0 Å². The van der Waals surface area contributed by atoms with E-state index in [0.717, 1.165) is 13.1 Å². The summed E-state index contributed by atoms with van der Waals surface area (Å²) in [4.78, 5) is 1.34. The lowest BCUT2D eigenvalue weighted by Gasteiger charge is -2.17. The third kappa shape index (κ3) is 4.13. The van der Waals surface area contributed by atoms with Crippen LogP contribution in [0.1, 0.15) is 25.6 Å². The van der Waals surface area contributed by atoms with Gasteiger partial charge in [0.15, 0.2) is 0 Å². The smallest absolute Gasteiger partial charge is 0.0375 e. The van der Waals surface area contributed by atoms with Gasteiger partial charge in [-0.05, 0) is 38.3 Å². The Bertz CT molecular complexity index is 536. The maximum Gasteiger partial charge on any atom is 0.0375 e. The highest BCUT2D eigenvalue weighted by molar-refractivity contribution is 7.86. The fraction of sp³-hybridized carbons (Fsp3) is 0.467. The number of thiophene rings is 1. The summed E-state index contributed by atoms with van der Waals surface area (Å²) >= 11 is 1.82. The second-order valence-electron chi connectivity index (χ2n) is 5.59. The zero-order valence-corrected chi connectivity index (χ0v) is 13.4. The van der Waals surface area contributed by atoms with Crippen molar-refractivity contribution in [1.82, 2.24) is 5.32 Å². The molecule has 1 atom stereocenters. The van der Waals surface area contributed by atoms with E-state index in [0.29, 0.717) is 5.75 Å². The van der Waals surface area contributed by atoms with Gasteiger partial charge in [0.05, 0.1) is 0 Å². The Labute approximate surface area is 121 Å². The van der Waals surface area contributed by atoms with E-state index in [1.54, 1.807) is 0 Å². The lowest BCUT2D eigenvalue weighted by molar-refractivity contribution is 0.641. The first-order valence-corrected chi connectivity index (χ1v) is 8.67. The molecule has 0 aliphatic heterocycles. The van der Waals surface area contributed by atoms with E-state index in [9.17, 15) is 4.21 Å². The van der Waals surface area contributed by atoms with Crippen LogP contribution in [0.4, 0.5) is 0 Å². The topological polar surface area (TPSA) is 29.1 Å². The van der Waals surface area contributed by atoms with Gasteiger partial charge < -0.3 is 5.32 Å². The number of nitrogens with one attached hydrogen (secondary N) is 1. The Morgan fingerprint density at radius 3 is 2.68 bits per heavy atom. The average molecular weight is 295 g/mol. The molecule has 0 aliphatic carbocycles. The highest BCUT2D eigenvalue weighted by Crippen LogP contribution is 2.24. The molecular weight excluding hydrogens is 274 g/mol. The summed E-state index contributed by atoms with van der Waals surface area (Å²) in [6.07, 6.45) is 0. The first kappa shape index (κ1) is 14.7. The Kier molecular flexibility index (Phi) is 4.76. The van der Waals surface area contributed by atoms with Crippen LogP contribution in [0.2, 0.25) is 0 Å². The molecule has 2 aromatic rings. The van der Waals surface area contributed by atoms with Gasteiger partial charge in [0.2, 0.25) is 0 Å². The predicted molar refractivity (Wildman–Crippen MR) is 86.3 cm³/mol. The third-order valence-electron chi connectivity index (χ3n) is 2.92. The second kappa shape index (κ2) is 6.16. The van der Waals surface area contributed by atoms with Gasteiger partial charge in [0.25, 0.3) is 0 Å². The van der Waals surface area contributed by atoms with Crippen LogP contribution in [0, 0.1) is 0 Å². The predicted octanol–water partition coefficient (Wildman–Crippen LogP) is 3.54. The molecule has 1 heterocycles. The van der Waals surface area contributed by atoms with Gasteiger partial charge in [0.1, 0.15) is 0 Å². The van der Waals surface area contributed by atoms with Crippen LogP contribution in [0.15, 0.2) is 30.3 Å². The average Bonchev–Trinajstić information content (AvgIpc) is 2.75. The number of benzene rings is 1. The lowest BCUT2D eigenvalue weighted by Crippen LogP contribution is -2.29. The second-order valence-corrected chi connectivity index (χ2v) is 9.08. The Morgan fingerprint density at radius 2 is 2.00 bits per heavy atom. The number of rotatable bonds is 5. The molecule has 104 valence electrons. The van der Waals surface area contributed by atoms with Crippen molar-refractivity contribution in [2.24, 2.45) is 0 Å². The van der Waals surface area contributed by atoms with E-state index in [1.807, 2.05) is 32.1 Å². The number of fused-ring (bicyclic) bond motifs is 1. The molecule has 0 radical (unpaired) electrons. The minimum atomic E-state index is -0.769. The van der Waals surface area contributed by atoms with Gasteiger partial charge >= 0.3 is 0 Å². The maximum atomic E-state index is 11.9. The number of hydrogen-bond acceptors (Lipinski definition) is 3. The normalized spacial score (nSPS) is 13.8. The fourth-order valence-electron chi connectivity index (χ4n) is 1.81. The summed E-state index contributed by atoms with van der Waals surface area (Å²) in [5, 5.41) is 4.69. The first-order valence-electron chi connectivity index (χ1n) is 6.53. The molecule has 0 fully saturated rings. The molecule has 2 rings (SSSR count). The van der Waals surface area contributed by atoms with Gasteiger partial charge in [-0.3, -0.25) is 4.21 Å². The molecule has 1 N–H and O–H groups in total. The molecule has 2 nitrogen and oxygen atoms in total. The van der Waals surface area contributed by atoms with E-state index in [2.05, 4.69) is 35.6 Å². The molecular formula is C15H21NOS2. The molecule has 0 aliphatic rings. The Hall–Kier alpha value is -0.710. The van der Waals surface area contributed by atoms with Gasteiger partial charge in [-0.15, -0.1) is 11.3 Å². The van der Waals surface area contributed by atoms with Crippen LogP contribution in [0.25, 0.3) is 10.1 Å². The standard InChI is InChI=1S/C15H21NOS2/c1-15(2,3)19(17)9-8-16-11-13-10-12-6-4-5-7-14(12)18-13/h4-7,10,16H,8-9,11H2,1-3H3. The van der Waals surface area contributed by atoms with Crippen molar-refractivity contribution in [2.75, 3.05) is 12.3 Å². The molecule has 19 heavy (non-hydrogen) atoms. The van der Waals surface area contributed by atoms with Crippen LogP contribution < -0.4 is 5.32 Å². The van der Waals surface area contributed by atoms with E-state index < -0.39 is 10.8 Å². The van der Waals surface area contributed by atoms with Crippen LogP contribution in [-0.2, 0) is 17.3 Å². The summed E-state index contributed by atoms with van der Waals surface area (Å²) in [7, 11) is -0.769. The van der Waals surface area contributed by atoms with Crippen molar-refractivity contribution in [3.05, 3.63) is 35.2 Å². The maximum absolute atomic E-state index is 11.9. The summed E-state index contributed by atoms with van der Waals surface area (Å²) < 4.78 is 13.1. The van der Waals surface area contributed by atoms with E-state index in [4.69, 9.17) is 0 Å². The van der Waals surface area contributed by atoms with E-state index >= 15 is 0 Å². The summed E-state index contributed by atoms with van der Waals surface area (Å²) in [6.45, 7) is 7.73. The Balaban J connectivity index is 1.81. The lowest BCUT2D eigenvalue weighted by atomic mass is 10.2. The van der Waals surface area contributed by atoms with Crippen molar-refractivity contribution >= 4 is 32.2 Å². The van der Waals surface area contributed by atoms with Crippen LogP contribution >= 0.6 is 11.3 Å². The molecule has 0 amide bonds. The quantitative estimate of drug-likeness (QED) is 0.855. The molecule has 1 unspecified atom stereocenters. The van der Waals surface area contributed by atoms with Crippen molar-refractivity contribution in [1.29, 1.82) is 0 Å². The Morgan fingerprint density at radius 1 is 1.26 bits per heavy atom. The summed E-state index contributed by atoms with van der Waals surface area (Å²) in [6, 6.07) is 10.7. The monoisotopic (exact) mass is 295 g/mol. The molecule has 0 saturated heterocycles. The zero-order valence-electron chi connectivity index (χ0n) is 11.7. The summed E-state index contributed by atoms with van der Waals surface area (Å²) in [5.74, 6) is 0.717. The molecule has 0 saturated carbocycles. The molecule has 0 spiro atoms. The zero-order chi connectivity index (χ0) is 13.9. The minimum absolute atomic E-state index is 0.112. The van der Waals surface area contributed by atoms with Crippen LogP contribution in [0.5, 0.6) is 0 Å². The van der Waals surface area contributed by atoms with Crippen molar-refractivity contribution in [3.63, 3.8) is 0 Å². The van der Waals surface area contributed by atoms with E-state index in [-0.39, 0.29) is 4.75 Å². The molecule has 0 bridgehead atoms. The minimum Gasteiger partial charge on any atom is -0.311 e. The largest absolute Gasteiger partial charge is 0.311 e. The van der Waals surface area contributed by atoms with Gasteiger partial charge in [-0.1, -0.05) is 18.2 Å². The molecule has 4 heteroatoms. The van der Waals surface area contributed by atoms with Crippen LogP contribution in [0.3, 0.4) is 0 Å².